The number of methoxy groups -OCH3 is 1. The van der Waals surface area contributed by atoms with Crippen molar-refractivity contribution in [1.82, 2.24) is 14.1 Å². The van der Waals surface area contributed by atoms with Crippen molar-refractivity contribution in [2.24, 2.45) is 7.05 Å². The molecule has 0 aliphatic heterocycles. The van der Waals surface area contributed by atoms with Gasteiger partial charge in [0.2, 0.25) is 0 Å². The summed E-state index contributed by atoms with van der Waals surface area (Å²) in [4.78, 5) is 42.6. The largest absolute Gasteiger partial charge is 0.497 e. The summed E-state index contributed by atoms with van der Waals surface area (Å²) in [5.41, 5.74) is 1.56. The monoisotopic (exact) mass is 416 g/mol. The Morgan fingerprint density at radius 2 is 1.71 bits per heavy atom. The number of hydrogen-bond donors (Lipinski definition) is 1. The van der Waals surface area contributed by atoms with Gasteiger partial charge in [-0.1, -0.05) is 17.7 Å². The molecule has 0 radical (unpaired) electrons. The molecule has 0 saturated carbocycles. The standard InChI is InChI=1S/C23H20N4O4/c1-14-4-8-17(9-5-14)27-20-19(22(29)26(2)23(27)30)12-15(13-24-20)21(28)25-16-6-10-18(31-3)11-7-16/h4-13H,1-3H3,(H,25,28). The minimum absolute atomic E-state index is 0.171. The van der Waals surface area contributed by atoms with Gasteiger partial charge in [-0.2, -0.15) is 0 Å². The summed E-state index contributed by atoms with van der Waals surface area (Å²) in [7, 11) is 2.96. The smallest absolute Gasteiger partial charge is 0.337 e. The highest BCUT2D eigenvalue weighted by Crippen LogP contribution is 2.18. The summed E-state index contributed by atoms with van der Waals surface area (Å²) in [5.74, 6) is 0.248. The third-order valence-corrected chi connectivity index (χ3v) is 4.99. The molecule has 2 aromatic carbocycles. The number of rotatable bonds is 4. The molecule has 156 valence electrons. The molecule has 1 N–H and O–H groups in total. The third-order valence-electron chi connectivity index (χ3n) is 4.99. The molecule has 0 unspecified atom stereocenters. The van der Waals surface area contributed by atoms with Crippen LogP contribution in [0.25, 0.3) is 16.7 Å². The minimum atomic E-state index is -0.519. The molecular formula is C23H20N4O4. The number of benzene rings is 2. The first-order valence-corrected chi connectivity index (χ1v) is 9.53. The van der Waals surface area contributed by atoms with E-state index < -0.39 is 17.2 Å². The summed E-state index contributed by atoms with van der Waals surface area (Å²) in [5, 5.41) is 2.93. The molecule has 8 nitrogen and oxygen atoms in total. The Balaban J connectivity index is 1.80. The molecule has 0 atom stereocenters. The minimum Gasteiger partial charge on any atom is -0.497 e. The number of nitrogens with one attached hydrogen (secondary N) is 1. The Labute approximate surface area is 177 Å². The van der Waals surface area contributed by atoms with Crippen molar-refractivity contribution < 1.29 is 9.53 Å². The number of pyridine rings is 1. The zero-order valence-electron chi connectivity index (χ0n) is 17.2. The Morgan fingerprint density at radius 3 is 2.35 bits per heavy atom. The molecule has 4 rings (SSSR count). The molecule has 0 saturated heterocycles. The quantitative estimate of drug-likeness (QED) is 0.552. The number of hydrogen-bond acceptors (Lipinski definition) is 5. The SMILES string of the molecule is COc1ccc(NC(=O)c2cnc3c(c2)c(=O)n(C)c(=O)n3-c2ccc(C)cc2)cc1. The topological polar surface area (TPSA) is 95.2 Å². The summed E-state index contributed by atoms with van der Waals surface area (Å²) in [6.07, 6.45) is 1.35. The van der Waals surface area contributed by atoms with Crippen LogP contribution in [0.4, 0.5) is 5.69 Å². The molecular weight excluding hydrogens is 396 g/mol. The first kappa shape index (κ1) is 20.1. The van der Waals surface area contributed by atoms with Crippen LogP contribution < -0.4 is 21.3 Å². The van der Waals surface area contributed by atoms with Gasteiger partial charge < -0.3 is 10.1 Å². The highest BCUT2D eigenvalue weighted by molar-refractivity contribution is 6.05. The Morgan fingerprint density at radius 1 is 1.03 bits per heavy atom. The summed E-state index contributed by atoms with van der Waals surface area (Å²) in [6.45, 7) is 1.94. The Hall–Kier alpha value is -4.20. The number of carbonyl (C=O) groups excluding carboxylic acids is 1. The van der Waals surface area contributed by atoms with Crippen LogP contribution >= 0.6 is 0 Å². The second kappa shape index (κ2) is 7.91. The molecule has 2 heterocycles. The maximum Gasteiger partial charge on any atom is 0.337 e. The lowest BCUT2D eigenvalue weighted by molar-refractivity contribution is 0.102. The van der Waals surface area contributed by atoms with E-state index in [0.717, 1.165) is 10.1 Å². The fourth-order valence-electron chi connectivity index (χ4n) is 3.23. The summed E-state index contributed by atoms with van der Waals surface area (Å²) in [6, 6.07) is 15.6. The second-order valence-electron chi connectivity index (χ2n) is 7.10. The van der Waals surface area contributed by atoms with Crippen molar-refractivity contribution in [3.63, 3.8) is 0 Å². The number of anilines is 1. The number of nitrogens with zero attached hydrogens (tertiary/aromatic N) is 3. The molecule has 0 fully saturated rings. The van der Waals surface area contributed by atoms with Gasteiger partial charge in [0.25, 0.3) is 11.5 Å². The fourth-order valence-corrected chi connectivity index (χ4v) is 3.23. The van der Waals surface area contributed by atoms with Crippen molar-refractivity contribution in [2.45, 2.75) is 6.92 Å². The molecule has 1 amide bonds. The maximum atomic E-state index is 12.8. The highest BCUT2D eigenvalue weighted by atomic mass is 16.5. The number of aryl methyl sites for hydroxylation is 1. The number of carbonyl (C=O) groups is 1. The summed E-state index contributed by atoms with van der Waals surface area (Å²) >= 11 is 0. The van der Waals surface area contributed by atoms with Crippen LogP contribution in [0.2, 0.25) is 0 Å². The van der Waals surface area contributed by atoms with E-state index in [2.05, 4.69) is 10.3 Å². The lowest BCUT2D eigenvalue weighted by Crippen LogP contribution is -2.38. The van der Waals surface area contributed by atoms with Crippen LogP contribution in [0, 0.1) is 6.92 Å². The van der Waals surface area contributed by atoms with E-state index in [1.807, 2.05) is 19.1 Å². The summed E-state index contributed by atoms with van der Waals surface area (Å²) < 4.78 is 7.48. The van der Waals surface area contributed by atoms with Crippen LogP contribution in [0.5, 0.6) is 5.75 Å². The number of aromatic nitrogens is 3. The predicted molar refractivity (Wildman–Crippen MR) is 118 cm³/mol. The highest BCUT2D eigenvalue weighted by Gasteiger charge is 2.16. The van der Waals surface area contributed by atoms with E-state index in [1.165, 1.54) is 23.9 Å². The zero-order chi connectivity index (χ0) is 22.1. The van der Waals surface area contributed by atoms with Crippen LogP contribution in [-0.2, 0) is 7.05 Å². The molecule has 0 bridgehead atoms. The van der Waals surface area contributed by atoms with E-state index in [-0.39, 0.29) is 16.6 Å². The lowest BCUT2D eigenvalue weighted by Gasteiger charge is -2.12. The molecule has 0 aliphatic rings. The molecule has 31 heavy (non-hydrogen) atoms. The maximum absolute atomic E-state index is 12.8. The average Bonchev–Trinajstić information content (AvgIpc) is 2.79. The van der Waals surface area contributed by atoms with E-state index >= 15 is 0 Å². The van der Waals surface area contributed by atoms with Gasteiger partial charge in [-0.25, -0.2) is 14.3 Å². The first-order valence-electron chi connectivity index (χ1n) is 9.53. The molecule has 2 aromatic heterocycles. The fraction of sp³-hybridized carbons (Fsp3) is 0.130. The van der Waals surface area contributed by atoms with Gasteiger partial charge in [-0.3, -0.25) is 14.2 Å². The van der Waals surface area contributed by atoms with Crippen LogP contribution in [0.3, 0.4) is 0 Å². The van der Waals surface area contributed by atoms with E-state index in [1.54, 1.807) is 43.5 Å². The van der Waals surface area contributed by atoms with Crippen molar-refractivity contribution in [3.05, 3.63) is 92.8 Å². The van der Waals surface area contributed by atoms with Crippen molar-refractivity contribution in [2.75, 3.05) is 12.4 Å². The van der Waals surface area contributed by atoms with Crippen molar-refractivity contribution >= 4 is 22.6 Å². The number of ether oxygens (including phenoxy) is 1. The number of amides is 1. The molecule has 0 spiro atoms. The van der Waals surface area contributed by atoms with Gasteiger partial charge in [0.1, 0.15) is 5.75 Å². The van der Waals surface area contributed by atoms with E-state index in [0.29, 0.717) is 17.1 Å². The van der Waals surface area contributed by atoms with Crippen LogP contribution in [0.1, 0.15) is 15.9 Å². The molecule has 8 heteroatoms. The second-order valence-corrected chi connectivity index (χ2v) is 7.10. The molecule has 0 aliphatic carbocycles. The third kappa shape index (κ3) is 3.71. The first-order chi connectivity index (χ1) is 14.9. The van der Waals surface area contributed by atoms with E-state index in [9.17, 15) is 14.4 Å². The zero-order valence-corrected chi connectivity index (χ0v) is 17.2. The lowest BCUT2D eigenvalue weighted by atomic mass is 10.2. The van der Waals surface area contributed by atoms with Crippen LogP contribution in [-0.4, -0.2) is 27.1 Å². The van der Waals surface area contributed by atoms with Gasteiger partial charge in [0.05, 0.1) is 23.7 Å². The normalized spacial score (nSPS) is 10.8. The average molecular weight is 416 g/mol. The van der Waals surface area contributed by atoms with Gasteiger partial charge in [-0.05, 0) is 49.4 Å². The Kier molecular flexibility index (Phi) is 5.12. The van der Waals surface area contributed by atoms with Crippen molar-refractivity contribution in [1.29, 1.82) is 0 Å². The van der Waals surface area contributed by atoms with Crippen LogP contribution in [0.15, 0.2) is 70.4 Å². The molecule has 4 aromatic rings. The van der Waals surface area contributed by atoms with Gasteiger partial charge in [0, 0.05) is 18.9 Å². The number of fused-ring (bicyclic) bond motifs is 1. The Bertz CT molecular complexity index is 1400. The van der Waals surface area contributed by atoms with Gasteiger partial charge >= 0.3 is 5.69 Å². The predicted octanol–water partition coefficient (Wildman–Crippen LogP) is 2.65. The van der Waals surface area contributed by atoms with E-state index in [4.69, 9.17) is 4.74 Å². The van der Waals surface area contributed by atoms with Gasteiger partial charge in [-0.15, -0.1) is 0 Å². The van der Waals surface area contributed by atoms with Crippen molar-refractivity contribution in [3.8, 4) is 11.4 Å². The van der Waals surface area contributed by atoms with Gasteiger partial charge in [0.15, 0.2) is 5.65 Å².